The summed E-state index contributed by atoms with van der Waals surface area (Å²) in [5.41, 5.74) is 3.47. The number of ether oxygens (including phenoxy) is 2. The second-order valence-electron chi connectivity index (χ2n) is 7.64. The van der Waals surface area contributed by atoms with Gasteiger partial charge < -0.3 is 14.8 Å². The molecule has 0 saturated heterocycles. The number of carbonyl (C=O) groups excluding carboxylic acids is 2. The maximum Gasteiger partial charge on any atom is 0.344 e. The van der Waals surface area contributed by atoms with Gasteiger partial charge in [0.2, 0.25) is 5.91 Å². The van der Waals surface area contributed by atoms with E-state index in [9.17, 15) is 9.59 Å². The predicted molar refractivity (Wildman–Crippen MR) is 119 cm³/mol. The molecule has 1 aliphatic rings. The van der Waals surface area contributed by atoms with Crippen molar-refractivity contribution in [2.45, 2.75) is 25.2 Å². The Morgan fingerprint density at radius 2 is 1.48 bits per heavy atom. The molecule has 1 amide bonds. The van der Waals surface area contributed by atoms with Crippen molar-refractivity contribution in [3.05, 3.63) is 95.6 Å². The standard InChI is InChI=1S/C26H25NO4/c1-2-30-24(28)18-31-23-14-12-22(13-15-23)27-25(29)26(21-10-4-3-5-11-21)16-19-8-6-7-9-20(19)17-26/h3-15H,2,16-18H2,1H3,(H,27,29). The largest absolute Gasteiger partial charge is 0.482 e. The Morgan fingerprint density at radius 1 is 0.871 bits per heavy atom. The van der Waals surface area contributed by atoms with Crippen molar-refractivity contribution in [1.29, 1.82) is 0 Å². The molecule has 0 unspecified atom stereocenters. The molecule has 0 aromatic heterocycles. The summed E-state index contributed by atoms with van der Waals surface area (Å²) in [5.74, 6) is 0.0951. The Kier molecular flexibility index (Phi) is 6.03. The van der Waals surface area contributed by atoms with Gasteiger partial charge in [-0.2, -0.15) is 0 Å². The van der Waals surface area contributed by atoms with E-state index >= 15 is 0 Å². The van der Waals surface area contributed by atoms with E-state index in [1.165, 1.54) is 11.1 Å². The van der Waals surface area contributed by atoms with Crippen LogP contribution < -0.4 is 10.1 Å². The van der Waals surface area contributed by atoms with Crippen LogP contribution >= 0.6 is 0 Å². The Morgan fingerprint density at radius 3 is 2.10 bits per heavy atom. The van der Waals surface area contributed by atoms with Crippen LogP contribution in [0.5, 0.6) is 5.75 Å². The Bertz CT molecular complexity index is 1040. The van der Waals surface area contributed by atoms with E-state index in [1.807, 2.05) is 42.5 Å². The Balaban J connectivity index is 1.51. The van der Waals surface area contributed by atoms with E-state index < -0.39 is 11.4 Å². The van der Waals surface area contributed by atoms with Crippen LogP contribution in [0.4, 0.5) is 5.69 Å². The molecular weight excluding hydrogens is 390 g/mol. The molecule has 0 spiro atoms. The summed E-state index contributed by atoms with van der Waals surface area (Å²) in [6.45, 7) is 1.93. The third-order valence-electron chi connectivity index (χ3n) is 5.64. The van der Waals surface area contributed by atoms with Gasteiger partial charge >= 0.3 is 5.97 Å². The number of anilines is 1. The highest BCUT2D eigenvalue weighted by atomic mass is 16.6. The zero-order valence-electron chi connectivity index (χ0n) is 17.5. The molecule has 1 aliphatic carbocycles. The zero-order chi connectivity index (χ0) is 21.7. The first-order valence-electron chi connectivity index (χ1n) is 10.4. The number of esters is 1. The molecule has 3 aromatic rings. The number of benzene rings is 3. The molecule has 1 N–H and O–H groups in total. The number of hydrogen-bond acceptors (Lipinski definition) is 4. The smallest absolute Gasteiger partial charge is 0.344 e. The van der Waals surface area contributed by atoms with Gasteiger partial charge in [-0.15, -0.1) is 0 Å². The number of amides is 1. The van der Waals surface area contributed by atoms with Gasteiger partial charge in [-0.25, -0.2) is 4.79 Å². The maximum absolute atomic E-state index is 13.6. The molecule has 0 saturated carbocycles. The fourth-order valence-corrected chi connectivity index (χ4v) is 4.10. The number of fused-ring (bicyclic) bond motifs is 1. The third-order valence-corrected chi connectivity index (χ3v) is 5.64. The highest BCUT2D eigenvalue weighted by Gasteiger charge is 2.45. The fraction of sp³-hybridized carbons (Fsp3) is 0.231. The van der Waals surface area contributed by atoms with E-state index in [0.717, 1.165) is 5.56 Å². The minimum absolute atomic E-state index is 0.0323. The fourth-order valence-electron chi connectivity index (χ4n) is 4.10. The van der Waals surface area contributed by atoms with Gasteiger partial charge in [-0.1, -0.05) is 54.6 Å². The van der Waals surface area contributed by atoms with Crippen molar-refractivity contribution >= 4 is 17.6 Å². The minimum atomic E-state index is -0.649. The lowest BCUT2D eigenvalue weighted by atomic mass is 9.76. The van der Waals surface area contributed by atoms with Crippen LogP contribution in [0.15, 0.2) is 78.9 Å². The third kappa shape index (κ3) is 4.45. The summed E-state index contributed by atoms with van der Waals surface area (Å²) in [6, 6.07) is 25.2. The highest BCUT2D eigenvalue weighted by Crippen LogP contribution is 2.40. The van der Waals surface area contributed by atoms with Crippen LogP contribution in [0.25, 0.3) is 0 Å². The van der Waals surface area contributed by atoms with Crippen LogP contribution in [0.3, 0.4) is 0 Å². The number of rotatable bonds is 7. The summed E-state index contributed by atoms with van der Waals surface area (Å²) >= 11 is 0. The van der Waals surface area contributed by atoms with Gasteiger partial charge in [-0.3, -0.25) is 4.79 Å². The molecule has 0 heterocycles. The lowest BCUT2D eigenvalue weighted by molar-refractivity contribution is -0.145. The van der Waals surface area contributed by atoms with Crippen LogP contribution in [-0.4, -0.2) is 25.1 Å². The van der Waals surface area contributed by atoms with Gasteiger partial charge in [0.25, 0.3) is 0 Å². The number of hydrogen-bond donors (Lipinski definition) is 1. The van der Waals surface area contributed by atoms with Gasteiger partial charge in [0.1, 0.15) is 5.75 Å². The van der Waals surface area contributed by atoms with Crippen molar-refractivity contribution in [1.82, 2.24) is 0 Å². The van der Waals surface area contributed by atoms with E-state index in [0.29, 0.717) is 30.9 Å². The molecule has 0 aliphatic heterocycles. The summed E-state index contributed by atoms with van der Waals surface area (Å²) in [4.78, 5) is 25.0. The predicted octanol–water partition coefficient (Wildman–Crippen LogP) is 4.30. The SMILES string of the molecule is CCOC(=O)COc1ccc(NC(=O)C2(c3ccccc3)Cc3ccccc3C2)cc1. The molecule has 0 bridgehead atoms. The van der Waals surface area contributed by atoms with Gasteiger partial charge in [0, 0.05) is 5.69 Å². The van der Waals surface area contributed by atoms with Crippen molar-refractivity contribution in [3.8, 4) is 5.75 Å². The molecule has 31 heavy (non-hydrogen) atoms. The normalized spacial score (nSPS) is 13.8. The zero-order valence-corrected chi connectivity index (χ0v) is 17.5. The van der Waals surface area contributed by atoms with Crippen LogP contribution in [0.2, 0.25) is 0 Å². The average Bonchev–Trinajstić information content (AvgIpc) is 3.20. The van der Waals surface area contributed by atoms with Crippen molar-refractivity contribution in [2.75, 3.05) is 18.5 Å². The van der Waals surface area contributed by atoms with Crippen molar-refractivity contribution in [2.24, 2.45) is 0 Å². The quantitative estimate of drug-likeness (QED) is 0.584. The Labute approximate surface area is 182 Å². The molecule has 3 aromatic carbocycles. The van der Waals surface area contributed by atoms with Gasteiger partial charge in [0.15, 0.2) is 6.61 Å². The molecule has 0 radical (unpaired) electrons. The topological polar surface area (TPSA) is 64.6 Å². The van der Waals surface area contributed by atoms with E-state index in [1.54, 1.807) is 31.2 Å². The molecule has 0 atom stereocenters. The first kappa shape index (κ1) is 20.7. The second kappa shape index (κ2) is 9.04. The monoisotopic (exact) mass is 415 g/mol. The molecular formula is C26H25NO4. The minimum Gasteiger partial charge on any atom is -0.482 e. The molecule has 158 valence electrons. The maximum atomic E-state index is 13.6. The average molecular weight is 415 g/mol. The lowest BCUT2D eigenvalue weighted by Gasteiger charge is -2.28. The van der Waals surface area contributed by atoms with Crippen molar-refractivity contribution in [3.63, 3.8) is 0 Å². The molecule has 4 rings (SSSR count). The van der Waals surface area contributed by atoms with Crippen LogP contribution in [0, 0.1) is 0 Å². The summed E-state index contributed by atoms with van der Waals surface area (Å²) < 4.78 is 10.3. The van der Waals surface area contributed by atoms with Crippen LogP contribution in [0.1, 0.15) is 23.6 Å². The van der Waals surface area contributed by atoms with Gasteiger partial charge in [0.05, 0.1) is 12.0 Å². The van der Waals surface area contributed by atoms with Crippen LogP contribution in [-0.2, 0) is 32.6 Å². The molecule has 5 nitrogen and oxygen atoms in total. The number of nitrogens with one attached hydrogen (secondary N) is 1. The number of carbonyl (C=O) groups is 2. The van der Waals surface area contributed by atoms with E-state index in [2.05, 4.69) is 17.4 Å². The first-order chi connectivity index (χ1) is 15.1. The first-order valence-corrected chi connectivity index (χ1v) is 10.4. The summed E-state index contributed by atoms with van der Waals surface area (Å²) in [7, 11) is 0. The lowest BCUT2D eigenvalue weighted by Crippen LogP contribution is -2.41. The van der Waals surface area contributed by atoms with E-state index in [-0.39, 0.29) is 12.5 Å². The molecule has 0 fully saturated rings. The summed E-state index contributed by atoms with van der Waals surface area (Å²) in [6.07, 6.45) is 1.33. The molecule has 5 heteroatoms. The van der Waals surface area contributed by atoms with Crippen molar-refractivity contribution < 1.29 is 19.1 Å². The second-order valence-corrected chi connectivity index (χ2v) is 7.64. The highest BCUT2D eigenvalue weighted by molar-refractivity contribution is 6.00. The van der Waals surface area contributed by atoms with Gasteiger partial charge in [-0.05, 0) is 60.7 Å². The summed E-state index contributed by atoms with van der Waals surface area (Å²) in [5, 5.41) is 3.08. The van der Waals surface area contributed by atoms with E-state index in [4.69, 9.17) is 9.47 Å². The Hall–Kier alpha value is -3.60.